The van der Waals surface area contributed by atoms with Crippen molar-refractivity contribution in [2.45, 2.75) is 0 Å². The van der Waals surface area contributed by atoms with Gasteiger partial charge in [0.15, 0.2) is 10.2 Å². The highest BCUT2D eigenvalue weighted by Crippen LogP contribution is 2.24. The van der Waals surface area contributed by atoms with Gasteiger partial charge < -0.3 is 16.4 Å². The van der Waals surface area contributed by atoms with Gasteiger partial charge >= 0.3 is 0 Å². The quantitative estimate of drug-likeness (QED) is 0.690. The highest BCUT2D eigenvalue weighted by atomic mass is 35.5. The maximum Gasteiger partial charge on any atom is 0.177 e. The Morgan fingerprint density at radius 2 is 1.87 bits per heavy atom. The Morgan fingerprint density at radius 1 is 1.20 bits per heavy atom. The molecule has 80 valence electrons. The molecule has 0 amide bonds. The smallest absolute Gasteiger partial charge is 0.177 e. The summed E-state index contributed by atoms with van der Waals surface area (Å²) in [6.45, 7) is 0. The van der Waals surface area contributed by atoms with Crippen LogP contribution in [0.3, 0.4) is 0 Å². The fourth-order valence-corrected chi connectivity index (χ4v) is 1.54. The molecule has 0 bridgehead atoms. The summed E-state index contributed by atoms with van der Waals surface area (Å²) < 4.78 is 0. The number of nitrogens with one attached hydrogen (secondary N) is 2. The van der Waals surface area contributed by atoms with Gasteiger partial charge in [-0.1, -0.05) is 23.2 Å². The van der Waals surface area contributed by atoms with E-state index in [1.54, 1.807) is 18.2 Å². The van der Waals surface area contributed by atoms with Crippen LogP contribution in [0.2, 0.25) is 10.0 Å². The number of halogens is 2. The Labute approximate surface area is 108 Å². The molecular formula is C8H7Cl2N3S2. The van der Waals surface area contributed by atoms with Gasteiger partial charge in [-0.15, -0.1) is 0 Å². The van der Waals surface area contributed by atoms with Gasteiger partial charge in [-0.3, -0.25) is 0 Å². The summed E-state index contributed by atoms with van der Waals surface area (Å²) in [7, 11) is 0. The summed E-state index contributed by atoms with van der Waals surface area (Å²) in [5, 5.41) is 6.77. The summed E-state index contributed by atoms with van der Waals surface area (Å²) in [6.07, 6.45) is 0. The highest BCUT2D eigenvalue weighted by Gasteiger charge is 2.01. The van der Waals surface area contributed by atoms with E-state index in [0.29, 0.717) is 20.8 Å². The van der Waals surface area contributed by atoms with Crippen LogP contribution in [0.5, 0.6) is 0 Å². The second kappa shape index (κ2) is 5.46. The van der Waals surface area contributed by atoms with Crippen LogP contribution in [0.25, 0.3) is 0 Å². The van der Waals surface area contributed by atoms with Crippen LogP contribution in [0, 0.1) is 0 Å². The van der Waals surface area contributed by atoms with Crippen molar-refractivity contribution >= 4 is 63.5 Å². The van der Waals surface area contributed by atoms with E-state index in [1.165, 1.54) is 0 Å². The Morgan fingerprint density at radius 3 is 2.40 bits per heavy atom. The van der Waals surface area contributed by atoms with E-state index in [0.717, 1.165) is 0 Å². The van der Waals surface area contributed by atoms with Crippen LogP contribution in [-0.2, 0) is 0 Å². The second-order valence-corrected chi connectivity index (χ2v) is 4.23. The van der Waals surface area contributed by atoms with Crippen molar-refractivity contribution in [2.75, 3.05) is 5.32 Å². The first kappa shape index (κ1) is 12.4. The molecule has 4 N–H and O–H groups in total. The molecule has 0 saturated carbocycles. The van der Waals surface area contributed by atoms with Crippen molar-refractivity contribution in [3.05, 3.63) is 28.2 Å². The second-order valence-electron chi connectivity index (χ2n) is 2.57. The molecule has 0 unspecified atom stereocenters. The van der Waals surface area contributed by atoms with E-state index in [-0.39, 0.29) is 5.11 Å². The molecule has 15 heavy (non-hydrogen) atoms. The van der Waals surface area contributed by atoms with Gasteiger partial charge in [-0.2, -0.15) is 0 Å². The van der Waals surface area contributed by atoms with Crippen molar-refractivity contribution in [1.29, 1.82) is 0 Å². The lowest BCUT2D eigenvalue weighted by molar-refractivity contribution is 1.38. The third-order valence-electron chi connectivity index (χ3n) is 1.41. The molecule has 1 rings (SSSR count). The predicted molar refractivity (Wildman–Crippen MR) is 72.6 cm³/mol. The Hall–Kier alpha value is -0.620. The van der Waals surface area contributed by atoms with Gasteiger partial charge in [-0.05, 0) is 42.6 Å². The molecule has 1 aromatic carbocycles. The molecule has 0 fully saturated rings. The molecule has 1 aromatic rings. The van der Waals surface area contributed by atoms with Gasteiger partial charge in [0.2, 0.25) is 0 Å². The first-order chi connectivity index (χ1) is 6.99. The van der Waals surface area contributed by atoms with E-state index < -0.39 is 0 Å². The largest absolute Gasteiger partial charge is 0.376 e. The van der Waals surface area contributed by atoms with E-state index >= 15 is 0 Å². The summed E-state index contributed by atoms with van der Waals surface area (Å²) in [6, 6.07) is 5.05. The summed E-state index contributed by atoms with van der Waals surface area (Å²) in [4.78, 5) is 0. The van der Waals surface area contributed by atoms with Crippen LogP contribution in [0.4, 0.5) is 5.69 Å². The summed E-state index contributed by atoms with van der Waals surface area (Å²) in [5.41, 5.74) is 5.95. The minimum absolute atomic E-state index is 0.104. The van der Waals surface area contributed by atoms with Gasteiger partial charge in [-0.25, -0.2) is 0 Å². The SMILES string of the molecule is NC(=S)NC(=S)Nc1ccc(Cl)c(Cl)c1. The fourth-order valence-electron chi connectivity index (χ4n) is 0.848. The molecule has 0 aliphatic heterocycles. The zero-order chi connectivity index (χ0) is 11.4. The lowest BCUT2D eigenvalue weighted by atomic mass is 10.3. The fraction of sp³-hybridized carbons (Fsp3) is 0. The maximum absolute atomic E-state index is 5.82. The molecule has 0 saturated heterocycles. The van der Waals surface area contributed by atoms with Crippen molar-refractivity contribution in [2.24, 2.45) is 5.73 Å². The zero-order valence-electron chi connectivity index (χ0n) is 7.38. The van der Waals surface area contributed by atoms with Crippen molar-refractivity contribution in [3.63, 3.8) is 0 Å². The Kier molecular flexibility index (Phi) is 4.53. The molecule has 0 heterocycles. The lowest BCUT2D eigenvalue weighted by Gasteiger charge is -2.09. The Balaban J connectivity index is 2.69. The third-order valence-corrected chi connectivity index (χ3v) is 2.46. The normalized spacial score (nSPS) is 9.47. The lowest BCUT2D eigenvalue weighted by Crippen LogP contribution is -2.37. The Bertz CT molecular complexity index is 409. The first-order valence-electron chi connectivity index (χ1n) is 3.81. The number of benzene rings is 1. The van der Waals surface area contributed by atoms with Crippen molar-refractivity contribution in [1.82, 2.24) is 5.32 Å². The van der Waals surface area contributed by atoms with Crippen LogP contribution < -0.4 is 16.4 Å². The molecule has 0 aliphatic carbocycles. The summed E-state index contributed by atoms with van der Waals surface area (Å²) >= 11 is 21.1. The monoisotopic (exact) mass is 279 g/mol. The van der Waals surface area contributed by atoms with Crippen LogP contribution >= 0.6 is 47.6 Å². The minimum atomic E-state index is 0.104. The molecule has 0 aliphatic rings. The van der Waals surface area contributed by atoms with Crippen LogP contribution in [-0.4, -0.2) is 10.2 Å². The highest BCUT2D eigenvalue weighted by molar-refractivity contribution is 7.82. The van der Waals surface area contributed by atoms with Crippen molar-refractivity contribution in [3.8, 4) is 0 Å². The predicted octanol–water partition coefficient (Wildman–Crippen LogP) is 2.52. The first-order valence-corrected chi connectivity index (χ1v) is 5.39. The number of thiocarbonyl (C=S) groups is 2. The van der Waals surface area contributed by atoms with Gasteiger partial charge in [0.1, 0.15) is 0 Å². The molecule has 0 atom stereocenters. The molecule has 0 aromatic heterocycles. The average Bonchev–Trinajstić information content (AvgIpc) is 2.10. The standard InChI is InChI=1S/C8H7Cl2N3S2/c9-5-2-1-4(3-6(5)10)12-8(15)13-7(11)14/h1-3H,(H4,11,12,13,14,15). The molecule has 3 nitrogen and oxygen atoms in total. The van der Waals surface area contributed by atoms with E-state index in [1.807, 2.05) is 0 Å². The number of nitrogens with two attached hydrogens (primary N) is 1. The minimum Gasteiger partial charge on any atom is -0.376 e. The van der Waals surface area contributed by atoms with Gasteiger partial charge in [0.25, 0.3) is 0 Å². The maximum atomic E-state index is 5.82. The number of anilines is 1. The summed E-state index contributed by atoms with van der Waals surface area (Å²) in [5.74, 6) is 0. The topological polar surface area (TPSA) is 50.1 Å². The molecule has 0 radical (unpaired) electrons. The van der Waals surface area contributed by atoms with Crippen molar-refractivity contribution < 1.29 is 0 Å². The molecular weight excluding hydrogens is 273 g/mol. The zero-order valence-corrected chi connectivity index (χ0v) is 10.5. The number of rotatable bonds is 1. The van der Waals surface area contributed by atoms with E-state index in [4.69, 9.17) is 41.2 Å². The third kappa shape index (κ3) is 4.17. The van der Waals surface area contributed by atoms with Gasteiger partial charge in [0, 0.05) is 5.69 Å². The van der Waals surface area contributed by atoms with E-state index in [2.05, 4.69) is 22.9 Å². The molecule has 7 heteroatoms. The van der Waals surface area contributed by atoms with E-state index in [9.17, 15) is 0 Å². The van der Waals surface area contributed by atoms with Gasteiger partial charge in [0.05, 0.1) is 10.0 Å². The number of hydrogen-bond acceptors (Lipinski definition) is 2. The number of hydrogen-bond donors (Lipinski definition) is 3. The van der Waals surface area contributed by atoms with Crippen LogP contribution in [0.15, 0.2) is 18.2 Å². The van der Waals surface area contributed by atoms with Crippen LogP contribution in [0.1, 0.15) is 0 Å². The molecule has 0 spiro atoms. The average molecular weight is 280 g/mol.